The minimum atomic E-state index is -3.49. The molecule has 2 N–H and O–H groups in total. The van der Waals surface area contributed by atoms with E-state index in [0.29, 0.717) is 11.3 Å². The van der Waals surface area contributed by atoms with Crippen molar-refractivity contribution in [1.29, 1.82) is 5.26 Å². The molecule has 0 saturated carbocycles. The number of aliphatic hydroxyl groups excluding tert-OH is 1. The van der Waals surface area contributed by atoms with Gasteiger partial charge in [-0.25, -0.2) is 22.8 Å². The van der Waals surface area contributed by atoms with Gasteiger partial charge < -0.3 is 24.8 Å². The maximum atomic E-state index is 14.8. The van der Waals surface area contributed by atoms with Gasteiger partial charge in [-0.05, 0) is 37.3 Å². The predicted molar refractivity (Wildman–Crippen MR) is 142 cm³/mol. The van der Waals surface area contributed by atoms with Crippen LogP contribution in [0.25, 0.3) is 11.4 Å². The molecule has 1 aliphatic rings. The van der Waals surface area contributed by atoms with E-state index >= 15 is 0 Å². The number of hydrogen-bond acceptors (Lipinski definition) is 11. The maximum absolute atomic E-state index is 14.8. The van der Waals surface area contributed by atoms with Crippen molar-refractivity contribution in [2.75, 3.05) is 31.8 Å². The van der Waals surface area contributed by atoms with E-state index in [2.05, 4.69) is 20.3 Å². The summed E-state index contributed by atoms with van der Waals surface area (Å²) in [6.07, 6.45) is -1.01. The van der Waals surface area contributed by atoms with Crippen LogP contribution >= 0.6 is 0 Å². The smallest absolute Gasteiger partial charge is 0.251 e. The van der Waals surface area contributed by atoms with Crippen molar-refractivity contribution in [3.63, 3.8) is 0 Å². The second kappa shape index (κ2) is 11.8. The number of nitrogens with one attached hydrogen (secondary N) is 1. The van der Waals surface area contributed by atoms with Crippen LogP contribution < -0.4 is 14.8 Å². The average molecular weight is 571 g/mol. The molecule has 4 rings (SSSR count). The molecule has 1 fully saturated rings. The second-order valence-corrected chi connectivity index (χ2v) is 11.1. The molecule has 1 aromatic heterocycles. The fourth-order valence-electron chi connectivity index (χ4n) is 4.18. The van der Waals surface area contributed by atoms with Crippen molar-refractivity contribution in [2.24, 2.45) is 0 Å². The molecule has 1 unspecified atom stereocenters. The highest BCUT2D eigenvalue weighted by molar-refractivity contribution is 7.90. The Hall–Kier alpha value is -4.35. The van der Waals surface area contributed by atoms with Crippen LogP contribution in [0.4, 0.5) is 16.0 Å². The molecular weight excluding hydrogens is 543 g/mol. The molecule has 2 heterocycles. The number of hydrogen-bond donors (Lipinski definition) is 2. The molecule has 3 atom stereocenters. The van der Waals surface area contributed by atoms with Crippen LogP contribution in [0.3, 0.4) is 0 Å². The summed E-state index contributed by atoms with van der Waals surface area (Å²) in [7, 11) is -2.12. The lowest BCUT2D eigenvalue weighted by atomic mass is 10.0. The van der Waals surface area contributed by atoms with Crippen molar-refractivity contribution in [1.82, 2.24) is 19.9 Å². The van der Waals surface area contributed by atoms with E-state index in [0.717, 1.165) is 6.26 Å². The third-order valence-electron chi connectivity index (χ3n) is 6.18. The number of benzene rings is 2. The Kier molecular flexibility index (Phi) is 8.46. The molecular formula is C26H27FN6O6S. The van der Waals surface area contributed by atoms with Crippen molar-refractivity contribution >= 4 is 27.4 Å². The third-order valence-corrected chi connectivity index (χ3v) is 7.31. The van der Waals surface area contributed by atoms with Gasteiger partial charge in [-0.1, -0.05) is 0 Å². The molecule has 0 bridgehead atoms. The molecule has 2 aromatic carbocycles. The van der Waals surface area contributed by atoms with Gasteiger partial charge in [0.2, 0.25) is 5.95 Å². The lowest BCUT2D eigenvalue weighted by Gasteiger charge is -2.35. The van der Waals surface area contributed by atoms with Gasteiger partial charge in [-0.15, -0.1) is 0 Å². The van der Waals surface area contributed by atoms with Crippen LogP contribution in [0.5, 0.6) is 11.5 Å². The third kappa shape index (κ3) is 6.44. The molecule has 210 valence electrons. The van der Waals surface area contributed by atoms with Gasteiger partial charge in [0, 0.05) is 36.5 Å². The van der Waals surface area contributed by atoms with Crippen LogP contribution in [0.2, 0.25) is 0 Å². The predicted octanol–water partition coefficient (Wildman–Crippen LogP) is 2.26. The number of rotatable bonds is 8. The number of halogens is 1. The fourth-order valence-corrected chi connectivity index (χ4v) is 5.00. The minimum Gasteiger partial charge on any atom is -0.495 e. The molecule has 12 nitrogen and oxygen atoms in total. The number of anilines is 2. The Morgan fingerprint density at radius 1 is 1.25 bits per heavy atom. The Bertz CT molecular complexity index is 1560. The van der Waals surface area contributed by atoms with Gasteiger partial charge in [-0.3, -0.25) is 4.79 Å². The summed E-state index contributed by atoms with van der Waals surface area (Å²) in [5.74, 6) is 0.205. The van der Waals surface area contributed by atoms with Gasteiger partial charge in [0.1, 0.15) is 41.0 Å². The van der Waals surface area contributed by atoms with E-state index in [1.165, 1.54) is 49.5 Å². The van der Waals surface area contributed by atoms with E-state index in [9.17, 15) is 28.0 Å². The molecule has 1 saturated heterocycles. The maximum Gasteiger partial charge on any atom is 0.251 e. The van der Waals surface area contributed by atoms with Crippen LogP contribution in [0.1, 0.15) is 18.9 Å². The first-order chi connectivity index (χ1) is 19.0. The number of nitrogens with zero attached hydrogens (tertiary/aromatic N) is 5. The summed E-state index contributed by atoms with van der Waals surface area (Å²) in [6.45, 7) is 1.34. The number of carbonyl (C=O) groups excluding carboxylic acids is 1. The zero-order valence-corrected chi connectivity index (χ0v) is 22.7. The summed E-state index contributed by atoms with van der Waals surface area (Å²) in [5, 5.41) is 22.2. The highest BCUT2D eigenvalue weighted by Crippen LogP contribution is 2.30. The molecule has 3 aromatic rings. The summed E-state index contributed by atoms with van der Waals surface area (Å²) in [6, 6.07) is 11.2. The second-order valence-electron chi connectivity index (χ2n) is 9.14. The average Bonchev–Trinajstić information content (AvgIpc) is 2.93. The first kappa shape index (κ1) is 28.7. The number of aliphatic hydroxyl groups is 1. The zero-order chi connectivity index (χ0) is 29.0. The Morgan fingerprint density at radius 2 is 2.02 bits per heavy atom. The largest absolute Gasteiger partial charge is 0.495 e. The first-order valence-corrected chi connectivity index (χ1v) is 14.1. The fraction of sp³-hybridized carbons (Fsp3) is 0.346. The van der Waals surface area contributed by atoms with Gasteiger partial charge >= 0.3 is 0 Å². The number of piperidine rings is 1. The Morgan fingerprint density at radius 3 is 2.67 bits per heavy atom. The minimum absolute atomic E-state index is 0.0427. The van der Waals surface area contributed by atoms with Crippen molar-refractivity contribution in [2.45, 2.75) is 36.6 Å². The van der Waals surface area contributed by atoms with Crippen molar-refractivity contribution in [3.8, 4) is 29.0 Å². The Labute approximate surface area is 230 Å². The number of amides is 1. The van der Waals surface area contributed by atoms with Crippen molar-refractivity contribution in [3.05, 3.63) is 48.3 Å². The number of ether oxygens (including phenoxy) is 2. The number of carbonyl (C=O) groups is 1. The highest BCUT2D eigenvalue weighted by Gasteiger charge is 2.34. The molecule has 0 spiro atoms. The van der Waals surface area contributed by atoms with E-state index in [1.54, 1.807) is 12.1 Å². The number of alkyl halides is 1. The zero-order valence-electron chi connectivity index (χ0n) is 21.9. The first-order valence-electron chi connectivity index (χ1n) is 12.2. The summed E-state index contributed by atoms with van der Waals surface area (Å²) in [5.41, 5.74) is 1.10. The van der Waals surface area contributed by atoms with Crippen molar-refractivity contribution < 1.29 is 32.2 Å². The normalized spacial score (nSPS) is 17.9. The molecule has 1 amide bonds. The monoisotopic (exact) mass is 570 g/mol. The molecule has 1 aliphatic heterocycles. The number of nitriles is 1. The summed E-state index contributed by atoms with van der Waals surface area (Å²) < 4.78 is 49.7. The van der Waals surface area contributed by atoms with Gasteiger partial charge in [0.05, 0.1) is 19.2 Å². The van der Waals surface area contributed by atoms with Gasteiger partial charge in [-0.2, -0.15) is 10.2 Å². The van der Waals surface area contributed by atoms with Gasteiger partial charge in [0.25, 0.3) is 5.91 Å². The van der Waals surface area contributed by atoms with Crippen LogP contribution in [0.15, 0.2) is 47.6 Å². The van der Waals surface area contributed by atoms with E-state index < -0.39 is 34.1 Å². The molecule has 40 heavy (non-hydrogen) atoms. The van der Waals surface area contributed by atoms with Crippen LogP contribution in [-0.2, 0) is 14.6 Å². The number of sulfone groups is 1. The number of likely N-dealkylation sites (tertiary alicyclic amines) is 1. The van der Waals surface area contributed by atoms with Crippen LogP contribution in [0, 0.1) is 11.3 Å². The lowest BCUT2D eigenvalue weighted by molar-refractivity contribution is -0.143. The Balaban J connectivity index is 1.50. The van der Waals surface area contributed by atoms with Gasteiger partial charge in [0.15, 0.2) is 21.8 Å². The molecule has 0 aliphatic carbocycles. The van der Waals surface area contributed by atoms with E-state index in [1.807, 2.05) is 6.07 Å². The summed E-state index contributed by atoms with van der Waals surface area (Å²) >= 11 is 0. The molecule has 14 heteroatoms. The van der Waals surface area contributed by atoms with E-state index in [-0.39, 0.29) is 53.2 Å². The topological polar surface area (TPSA) is 168 Å². The standard InChI is InChI=1S/C26H27FN6O6S/c1-15(34)25(35)33-9-8-21(19(27)13-33)39-20-6-4-16(10-17(20)12-28)24-29-14-30-26(32-24)31-18-5-7-23(40(3,36)37)22(11-18)38-2/h4-7,10-11,14-15,19,21,34H,8-9,13H2,1-3H3,(H,29,30,31,32)/t15?,19-,21+/m1/s1. The quantitative estimate of drug-likeness (QED) is 0.408. The molecule has 0 radical (unpaired) electrons. The SMILES string of the molecule is COc1cc(Nc2ncnc(-c3ccc(O[C@H]4CCN(C(=O)C(C)O)C[C@H]4F)c(C#N)c3)n2)ccc1S(C)(=O)=O. The highest BCUT2D eigenvalue weighted by atomic mass is 32.2. The lowest BCUT2D eigenvalue weighted by Crippen LogP contribution is -2.51. The number of methoxy groups -OCH3 is 1. The van der Waals surface area contributed by atoms with E-state index in [4.69, 9.17) is 9.47 Å². The van der Waals surface area contributed by atoms with Crippen LogP contribution in [-0.4, -0.2) is 84.1 Å². The number of aromatic nitrogens is 3. The summed E-state index contributed by atoms with van der Waals surface area (Å²) in [4.78, 5) is 25.9.